The summed E-state index contributed by atoms with van der Waals surface area (Å²) in [5.41, 5.74) is 4.89. The van der Waals surface area contributed by atoms with Gasteiger partial charge in [-0.05, 0) is 65.7 Å². The van der Waals surface area contributed by atoms with E-state index in [2.05, 4.69) is 10.2 Å². The van der Waals surface area contributed by atoms with E-state index in [1.54, 1.807) is 0 Å². The first-order chi connectivity index (χ1) is 9.08. The lowest BCUT2D eigenvalue weighted by Gasteiger charge is -2.27. The summed E-state index contributed by atoms with van der Waals surface area (Å²) >= 11 is 0. The Morgan fingerprint density at radius 1 is 1.16 bits per heavy atom. The fourth-order valence-corrected chi connectivity index (χ4v) is 2.72. The molecule has 4 nitrogen and oxygen atoms in total. The average Bonchev–Trinajstić information content (AvgIpc) is 2.35. The van der Waals surface area contributed by atoms with Gasteiger partial charge in [-0.25, -0.2) is 0 Å². The van der Waals surface area contributed by atoms with Crippen LogP contribution < -0.4 is 11.1 Å². The number of rotatable bonds is 7. The highest BCUT2D eigenvalue weighted by atomic mass is 16.1. The fourth-order valence-electron chi connectivity index (χ4n) is 2.72. The van der Waals surface area contributed by atoms with Crippen LogP contribution in [0.5, 0.6) is 0 Å². The maximum absolute atomic E-state index is 11.4. The minimum atomic E-state index is -0.545. The smallest absolute Gasteiger partial charge is 0.237 e. The Hall–Kier alpha value is -0.610. The normalized spacial score (nSPS) is 21.4. The molecule has 1 atom stereocenters. The molecule has 0 aromatic heterocycles. The van der Waals surface area contributed by atoms with Crippen LogP contribution in [0, 0.1) is 0 Å². The molecule has 1 amide bonds. The van der Waals surface area contributed by atoms with Crippen LogP contribution in [0.3, 0.4) is 0 Å². The van der Waals surface area contributed by atoms with Gasteiger partial charge < -0.3 is 16.0 Å². The topological polar surface area (TPSA) is 58.4 Å². The van der Waals surface area contributed by atoms with Crippen molar-refractivity contribution in [3.63, 3.8) is 0 Å². The molecule has 0 bridgehead atoms. The Morgan fingerprint density at radius 2 is 1.74 bits per heavy atom. The molecule has 19 heavy (non-hydrogen) atoms. The van der Waals surface area contributed by atoms with Crippen molar-refractivity contribution in [2.24, 2.45) is 5.73 Å². The van der Waals surface area contributed by atoms with Crippen LogP contribution in [-0.4, -0.2) is 43.0 Å². The summed E-state index contributed by atoms with van der Waals surface area (Å²) in [6.45, 7) is 5.56. The lowest BCUT2D eigenvalue weighted by atomic mass is 9.94. The van der Waals surface area contributed by atoms with Crippen LogP contribution in [0.15, 0.2) is 0 Å². The van der Waals surface area contributed by atoms with Crippen LogP contribution in [-0.2, 0) is 4.79 Å². The molecule has 1 aliphatic heterocycles. The lowest BCUT2D eigenvalue weighted by molar-refractivity contribution is -0.123. The molecule has 1 heterocycles. The molecule has 0 aliphatic carbocycles. The quantitative estimate of drug-likeness (QED) is 0.694. The fraction of sp³-hybridized carbons (Fsp3) is 0.933. The number of hydrogen-bond acceptors (Lipinski definition) is 3. The van der Waals surface area contributed by atoms with Gasteiger partial charge in [0, 0.05) is 0 Å². The maximum Gasteiger partial charge on any atom is 0.237 e. The number of likely N-dealkylation sites (N-methyl/N-ethyl adjacent to an activating group) is 1. The van der Waals surface area contributed by atoms with Crippen molar-refractivity contribution in [3.05, 3.63) is 0 Å². The van der Waals surface area contributed by atoms with E-state index in [4.69, 9.17) is 5.73 Å². The lowest BCUT2D eigenvalue weighted by Crippen LogP contribution is -2.51. The summed E-state index contributed by atoms with van der Waals surface area (Å²) in [5, 5.41) is 3.05. The zero-order valence-electron chi connectivity index (χ0n) is 12.7. The molecule has 3 N–H and O–H groups in total. The first-order valence-corrected chi connectivity index (χ1v) is 7.80. The van der Waals surface area contributed by atoms with Crippen molar-refractivity contribution in [1.82, 2.24) is 10.2 Å². The van der Waals surface area contributed by atoms with E-state index < -0.39 is 5.54 Å². The minimum Gasteiger partial charge on any atom is -0.368 e. The van der Waals surface area contributed by atoms with Gasteiger partial charge in [0.15, 0.2) is 0 Å². The zero-order chi connectivity index (χ0) is 14.1. The number of likely N-dealkylation sites (tertiary alicyclic amines) is 1. The van der Waals surface area contributed by atoms with Gasteiger partial charge in [0.2, 0.25) is 5.91 Å². The van der Waals surface area contributed by atoms with E-state index in [0.717, 1.165) is 19.3 Å². The van der Waals surface area contributed by atoms with Crippen LogP contribution in [0.1, 0.15) is 58.3 Å². The summed E-state index contributed by atoms with van der Waals surface area (Å²) in [4.78, 5) is 14.0. The first-order valence-electron chi connectivity index (χ1n) is 7.80. The van der Waals surface area contributed by atoms with Crippen molar-refractivity contribution in [2.45, 2.75) is 63.8 Å². The maximum atomic E-state index is 11.4. The Labute approximate surface area is 118 Å². The molecule has 112 valence electrons. The summed E-state index contributed by atoms with van der Waals surface area (Å²) in [6, 6.07) is 0. The zero-order valence-corrected chi connectivity index (χ0v) is 12.7. The number of primary amides is 1. The number of nitrogens with two attached hydrogens (primary N) is 1. The molecular weight excluding hydrogens is 238 g/mol. The molecule has 1 rings (SSSR count). The number of unbranched alkanes of at least 4 members (excludes halogenated alkanes) is 1. The van der Waals surface area contributed by atoms with Crippen LogP contribution in [0.25, 0.3) is 0 Å². The molecule has 4 heteroatoms. The molecule has 1 aliphatic rings. The third-order valence-electron chi connectivity index (χ3n) is 4.45. The predicted molar refractivity (Wildman–Crippen MR) is 80.0 cm³/mol. The van der Waals surface area contributed by atoms with Crippen LogP contribution in [0.2, 0.25) is 0 Å². The van der Waals surface area contributed by atoms with Crippen molar-refractivity contribution in [3.8, 4) is 0 Å². The molecule has 0 aromatic rings. The molecule has 1 unspecified atom stereocenters. The minimum absolute atomic E-state index is 0.249. The Balaban J connectivity index is 2.20. The number of nitrogens with one attached hydrogen (secondary N) is 1. The Bertz CT molecular complexity index is 262. The van der Waals surface area contributed by atoms with Gasteiger partial charge in [0.1, 0.15) is 0 Å². The first kappa shape index (κ1) is 16.4. The highest BCUT2D eigenvalue weighted by Gasteiger charge is 2.27. The summed E-state index contributed by atoms with van der Waals surface area (Å²) in [5.74, 6) is -0.249. The Morgan fingerprint density at radius 3 is 2.26 bits per heavy atom. The van der Waals surface area contributed by atoms with E-state index in [1.165, 1.54) is 51.7 Å². The Kier molecular flexibility index (Phi) is 7.39. The van der Waals surface area contributed by atoms with E-state index in [9.17, 15) is 4.79 Å². The predicted octanol–water partition coefficient (Wildman–Crippen LogP) is 1.89. The van der Waals surface area contributed by atoms with Gasteiger partial charge in [-0.2, -0.15) is 0 Å². The molecule has 0 aromatic carbocycles. The van der Waals surface area contributed by atoms with E-state index in [-0.39, 0.29) is 5.91 Å². The number of amides is 1. The largest absolute Gasteiger partial charge is 0.368 e. The van der Waals surface area contributed by atoms with Gasteiger partial charge in [0.25, 0.3) is 0 Å². The summed E-state index contributed by atoms with van der Waals surface area (Å²) < 4.78 is 0. The summed E-state index contributed by atoms with van der Waals surface area (Å²) in [6.07, 6.45) is 9.90. The van der Waals surface area contributed by atoms with Gasteiger partial charge in [-0.1, -0.05) is 19.3 Å². The third kappa shape index (κ3) is 5.91. The summed E-state index contributed by atoms with van der Waals surface area (Å²) in [7, 11) is 1.81. The van der Waals surface area contributed by atoms with E-state index in [0.29, 0.717) is 0 Å². The molecule has 0 saturated carbocycles. The molecule has 0 radical (unpaired) electrons. The monoisotopic (exact) mass is 269 g/mol. The van der Waals surface area contributed by atoms with E-state index >= 15 is 0 Å². The number of carbonyl (C=O) groups is 1. The van der Waals surface area contributed by atoms with Gasteiger partial charge in [-0.3, -0.25) is 4.79 Å². The number of nitrogens with zero attached hydrogens (tertiary/aromatic N) is 1. The van der Waals surface area contributed by atoms with Gasteiger partial charge >= 0.3 is 0 Å². The second-order valence-corrected chi connectivity index (χ2v) is 6.01. The second-order valence-electron chi connectivity index (χ2n) is 6.01. The highest BCUT2D eigenvalue weighted by Crippen LogP contribution is 2.15. The second kappa shape index (κ2) is 8.54. The molecular formula is C15H31N3O. The van der Waals surface area contributed by atoms with Crippen LogP contribution >= 0.6 is 0 Å². The van der Waals surface area contributed by atoms with Crippen molar-refractivity contribution >= 4 is 5.91 Å². The number of carbonyl (C=O) groups excluding carboxylic acids is 1. The standard InChI is InChI=1S/C15H31N3O/c1-15(17-2,14(16)19)10-6-9-13-18-11-7-4-3-5-8-12-18/h17H,3-13H2,1-2H3,(H2,16,19). The molecule has 1 fully saturated rings. The van der Waals surface area contributed by atoms with Crippen molar-refractivity contribution in [2.75, 3.05) is 26.7 Å². The highest BCUT2D eigenvalue weighted by molar-refractivity contribution is 5.84. The third-order valence-corrected chi connectivity index (χ3v) is 4.45. The van der Waals surface area contributed by atoms with Crippen LogP contribution in [0.4, 0.5) is 0 Å². The SMILES string of the molecule is CNC(C)(CCCCN1CCCCCCC1)C(N)=O. The van der Waals surface area contributed by atoms with Crippen molar-refractivity contribution < 1.29 is 4.79 Å². The molecule has 0 spiro atoms. The average molecular weight is 269 g/mol. The molecule has 1 saturated heterocycles. The van der Waals surface area contributed by atoms with Gasteiger partial charge in [-0.15, -0.1) is 0 Å². The van der Waals surface area contributed by atoms with Gasteiger partial charge in [0.05, 0.1) is 5.54 Å². The van der Waals surface area contributed by atoms with Crippen molar-refractivity contribution in [1.29, 1.82) is 0 Å². The number of hydrogen-bond donors (Lipinski definition) is 2. The van der Waals surface area contributed by atoms with E-state index in [1.807, 2.05) is 14.0 Å².